The van der Waals surface area contributed by atoms with Crippen LogP contribution in [0.5, 0.6) is 0 Å². The van der Waals surface area contributed by atoms with Gasteiger partial charge in [-0.2, -0.15) is 13.2 Å². The van der Waals surface area contributed by atoms with Crippen molar-refractivity contribution in [1.82, 2.24) is 0 Å². The van der Waals surface area contributed by atoms with E-state index in [9.17, 15) is 32.3 Å². The molecule has 0 N–H and O–H groups in total. The molecule has 0 aromatic heterocycles. The highest BCUT2D eigenvalue weighted by atomic mass is 19.4. The number of rotatable bonds is 5. The van der Waals surface area contributed by atoms with E-state index in [1.54, 1.807) is 6.92 Å². The van der Waals surface area contributed by atoms with Crippen molar-refractivity contribution in [2.45, 2.75) is 46.2 Å². The number of halogens is 3. The summed E-state index contributed by atoms with van der Waals surface area (Å²) in [6, 6.07) is 0. The first-order chi connectivity index (χ1) is 8.00. The van der Waals surface area contributed by atoms with Crippen LogP contribution in [0.25, 0.3) is 0 Å². The van der Waals surface area contributed by atoms with Crippen LogP contribution >= 0.6 is 0 Å². The molecule has 0 aliphatic heterocycles. The van der Waals surface area contributed by atoms with Crippen molar-refractivity contribution in [2.24, 2.45) is 0 Å². The van der Waals surface area contributed by atoms with Crippen molar-refractivity contribution in [3.63, 3.8) is 0 Å². The van der Waals surface area contributed by atoms with Crippen molar-refractivity contribution in [3.8, 4) is 0 Å². The summed E-state index contributed by atoms with van der Waals surface area (Å²) in [4.78, 5) is 40.5. The molecule has 0 atom stereocenters. The van der Waals surface area contributed by atoms with E-state index in [0.29, 0.717) is 6.42 Å². The summed E-state index contributed by atoms with van der Waals surface area (Å²) in [5.41, 5.74) is 0. The van der Waals surface area contributed by atoms with Gasteiger partial charge in [0, 0.05) is 6.42 Å². The maximum atomic E-state index is 11.3. The lowest BCUT2D eigenvalue weighted by molar-refractivity contribution is -0.171. The van der Waals surface area contributed by atoms with Gasteiger partial charge in [0.25, 0.3) is 0 Å². The molecule has 0 radical (unpaired) electrons. The number of ketones is 4. The molecule has 0 heterocycles. The molecule has 104 valence electrons. The van der Waals surface area contributed by atoms with Crippen LogP contribution in [0.1, 0.15) is 40.0 Å². The van der Waals surface area contributed by atoms with Crippen LogP contribution in [0.2, 0.25) is 0 Å². The third-order valence-corrected chi connectivity index (χ3v) is 1.57. The highest BCUT2D eigenvalue weighted by Gasteiger charge is 2.38. The largest absolute Gasteiger partial charge is 0.450 e. The zero-order valence-electron chi connectivity index (χ0n) is 10.4. The van der Waals surface area contributed by atoms with Gasteiger partial charge >= 0.3 is 6.18 Å². The Kier molecular flexibility index (Phi) is 8.94. The van der Waals surface area contributed by atoms with Crippen molar-refractivity contribution in [2.75, 3.05) is 0 Å². The minimum Gasteiger partial charge on any atom is -0.300 e. The molecular weight excluding hydrogens is 253 g/mol. The number of hydrogen-bond acceptors (Lipinski definition) is 4. The molecule has 0 amide bonds. The maximum Gasteiger partial charge on any atom is 0.450 e. The van der Waals surface area contributed by atoms with Gasteiger partial charge in [0.2, 0.25) is 5.78 Å². The van der Waals surface area contributed by atoms with Gasteiger partial charge in [-0.1, -0.05) is 6.92 Å². The Labute approximate surface area is 103 Å². The molecule has 0 fully saturated rings. The lowest BCUT2D eigenvalue weighted by atomic mass is 10.2. The molecule has 0 unspecified atom stereocenters. The molecule has 7 heteroatoms. The number of alkyl halides is 3. The fraction of sp³-hybridized carbons (Fsp3) is 0.636. The summed E-state index contributed by atoms with van der Waals surface area (Å²) in [7, 11) is 0. The first kappa shape index (κ1) is 18.8. The molecule has 0 bridgehead atoms. The van der Waals surface area contributed by atoms with Gasteiger partial charge in [0.1, 0.15) is 17.3 Å². The van der Waals surface area contributed by atoms with Gasteiger partial charge in [-0.3, -0.25) is 19.2 Å². The van der Waals surface area contributed by atoms with Gasteiger partial charge < -0.3 is 0 Å². The third kappa shape index (κ3) is 12.5. The van der Waals surface area contributed by atoms with Crippen LogP contribution in [0.4, 0.5) is 13.2 Å². The highest BCUT2D eigenvalue weighted by molar-refractivity contribution is 6.00. The Morgan fingerprint density at radius 3 is 1.39 bits per heavy atom. The number of hydrogen-bond donors (Lipinski definition) is 0. The van der Waals surface area contributed by atoms with Crippen molar-refractivity contribution < 1.29 is 32.3 Å². The zero-order chi connectivity index (χ0) is 14.9. The topological polar surface area (TPSA) is 68.3 Å². The molecular formula is C11H15F3O4. The number of Topliss-reactive ketones (excluding diaryl/α,β-unsaturated/α-hetero) is 4. The van der Waals surface area contributed by atoms with Crippen molar-refractivity contribution >= 4 is 23.1 Å². The molecule has 0 aliphatic carbocycles. The van der Waals surface area contributed by atoms with E-state index in [4.69, 9.17) is 0 Å². The normalized spacial score (nSPS) is 10.1. The van der Waals surface area contributed by atoms with Crippen LogP contribution in [-0.4, -0.2) is 29.3 Å². The Morgan fingerprint density at radius 2 is 1.28 bits per heavy atom. The Balaban J connectivity index is 0. The Hall–Kier alpha value is -1.53. The predicted molar refractivity (Wildman–Crippen MR) is 57.0 cm³/mol. The third-order valence-electron chi connectivity index (χ3n) is 1.57. The lowest BCUT2D eigenvalue weighted by Gasteiger charge is -2.00. The molecule has 0 saturated heterocycles. The number of carbonyl (C=O) groups excluding carboxylic acids is 4. The van der Waals surface area contributed by atoms with E-state index < -0.39 is 24.2 Å². The monoisotopic (exact) mass is 268 g/mol. The second-order valence-electron chi connectivity index (χ2n) is 3.57. The molecule has 0 aromatic rings. The lowest BCUT2D eigenvalue weighted by Crippen LogP contribution is -2.24. The van der Waals surface area contributed by atoms with Crippen LogP contribution in [0, 0.1) is 0 Å². The predicted octanol–water partition coefficient (Wildman–Crippen LogP) is 2.04. The van der Waals surface area contributed by atoms with Gasteiger partial charge in [0.05, 0.1) is 12.8 Å². The minimum atomic E-state index is -4.87. The molecule has 18 heavy (non-hydrogen) atoms. The average Bonchev–Trinajstić information content (AvgIpc) is 2.15. The fourth-order valence-corrected chi connectivity index (χ4v) is 0.729. The second kappa shape index (κ2) is 8.54. The number of carbonyl (C=O) groups is 4. The minimum absolute atomic E-state index is 0.0255. The van der Waals surface area contributed by atoms with Crippen LogP contribution in [0.15, 0.2) is 0 Å². The Morgan fingerprint density at radius 1 is 0.889 bits per heavy atom. The molecule has 0 rings (SSSR count). The van der Waals surface area contributed by atoms with E-state index in [0.717, 1.165) is 6.92 Å². The summed E-state index contributed by atoms with van der Waals surface area (Å²) < 4.78 is 33.9. The van der Waals surface area contributed by atoms with Gasteiger partial charge in [0.15, 0.2) is 0 Å². The smallest absolute Gasteiger partial charge is 0.300 e. The van der Waals surface area contributed by atoms with Crippen LogP contribution in [0.3, 0.4) is 0 Å². The fourth-order valence-electron chi connectivity index (χ4n) is 0.729. The van der Waals surface area contributed by atoms with E-state index in [1.807, 2.05) is 0 Å². The summed E-state index contributed by atoms with van der Waals surface area (Å²) in [5, 5.41) is 0. The molecule has 0 saturated carbocycles. The highest BCUT2D eigenvalue weighted by Crippen LogP contribution is 2.17. The first-order valence-electron chi connectivity index (χ1n) is 5.11. The first-order valence-corrected chi connectivity index (χ1v) is 5.11. The van der Waals surface area contributed by atoms with Crippen LogP contribution in [-0.2, 0) is 19.2 Å². The molecule has 0 aromatic carbocycles. The van der Waals surface area contributed by atoms with Gasteiger partial charge in [-0.15, -0.1) is 0 Å². The van der Waals surface area contributed by atoms with E-state index >= 15 is 0 Å². The molecule has 0 aliphatic rings. The quantitative estimate of drug-likeness (QED) is 0.715. The molecule has 4 nitrogen and oxygen atoms in total. The zero-order valence-corrected chi connectivity index (χ0v) is 10.4. The van der Waals surface area contributed by atoms with E-state index in [1.165, 1.54) is 6.92 Å². The molecule has 0 spiro atoms. The SMILES string of the molecule is CC(=O)CC(=O)C(F)(F)F.CCC(=O)CC(C)=O. The van der Waals surface area contributed by atoms with E-state index in [2.05, 4.69) is 0 Å². The van der Waals surface area contributed by atoms with Crippen molar-refractivity contribution in [3.05, 3.63) is 0 Å². The summed E-state index contributed by atoms with van der Waals surface area (Å²) in [6.07, 6.45) is -5.34. The van der Waals surface area contributed by atoms with Gasteiger partial charge in [-0.05, 0) is 13.8 Å². The van der Waals surface area contributed by atoms with Crippen LogP contribution < -0.4 is 0 Å². The average molecular weight is 268 g/mol. The second-order valence-corrected chi connectivity index (χ2v) is 3.57. The van der Waals surface area contributed by atoms with E-state index in [-0.39, 0.29) is 18.0 Å². The maximum absolute atomic E-state index is 11.3. The Bertz CT molecular complexity index is 332. The summed E-state index contributed by atoms with van der Waals surface area (Å²) in [5.74, 6) is -2.78. The standard InChI is InChI=1S/C6H10O2.C5H5F3O2/c1-3-6(8)4-5(2)7;1-3(9)2-4(10)5(6,7)8/h3-4H2,1-2H3;2H2,1H3. The van der Waals surface area contributed by atoms with Gasteiger partial charge in [-0.25, -0.2) is 0 Å². The summed E-state index contributed by atoms with van der Waals surface area (Å²) in [6.45, 7) is 4.11. The summed E-state index contributed by atoms with van der Waals surface area (Å²) >= 11 is 0. The van der Waals surface area contributed by atoms with Crippen molar-refractivity contribution in [1.29, 1.82) is 0 Å².